The lowest BCUT2D eigenvalue weighted by atomic mass is 10.0. The maximum Gasteiger partial charge on any atom is 0.239 e. The second-order valence-corrected chi connectivity index (χ2v) is 4.40. The maximum absolute atomic E-state index is 12.0. The molecule has 0 heterocycles. The van der Waals surface area contributed by atoms with Crippen molar-refractivity contribution in [1.29, 1.82) is 0 Å². The lowest BCUT2D eigenvalue weighted by Crippen LogP contribution is -2.46. The zero-order valence-corrected chi connectivity index (χ0v) is 11.0. The van der Waals surface area contributed by atoms with Gasteiger partial charge >= 0.3 is 0 Å². The van der Waals surface area contributed by atoms with Crippen molar-refractivity contribution in [2.75, 3.05) is 26.3 Å². The molecule has 0 aromatic heterocycles. The van der Waals surface area contributed by atoms with Crippen LogP contribution in [0.25, 0.3) is 0 Å². The summed E-state index contributed by atoms with van der Waals surface area (Å²) in [5.41, 5.74) is 7.01. The molecule has 1 atom stereocenters. The second kappa shape index (κ2) is 8.63. The highest BCUT2D eigenvalue weighted by Crippen LogP contribution is 2.06. The first-order valence-electron chi connectivity index (χ1n) is 6.49. The highest BCUT2D eigenvalue weighted by atomic mass is 16.3. The van der Waals surface area contributed by atoms with Crippen molar-refractivity contribution in [2.45, 2.75) is 18.9 Å². The first kappa shape index (κ1) is 15.6. The van der Waals surface area contributed by atoms with E-state index in [4.69, 9.17) is 15.9 Å². The Morgan fingerprint density at radius 3 is 2.26 bits per heavy atom. The number of amides is 1. The lowest BCUT2D eigenvalue weighted by molar-refractivity contribution is -0.133. The normalized spacial score (nSPS) is 12.2. The minimum Gasteiger partial charge on any atom is -0.395 e. The fourth-order valence-corrected chi connectivity index (χ4v) is 1.90. The molecule has 19 heavy (non-hydrogen) atoms. The molecule has 0 aliphatic carbocycles. The zero-order chi connectivity index (χ0) is 14.1. The van der Waals surface area contributed by atoms with Gasteiger partial charge in [0.1, 0.15) is 0 Å². The largest absolute Gasteiger partial charge is 0.395 e. The zero-order valence-electron chi connectivity index (χ0n) is 11.0. The van der Waals surface area contributed by atoms with Gasteiger partial charge in [-0.3, -0.25) is 4.79 Å². The molecule has 1 amide bonds. The van der Waals surface area contributed by atoms with Crippen molar-refractivity contribution in [3.05, 3.63) is 35.9 Å². The summed E-state index contributed by atoms with van der Waals surface area (Å²) < 4.78 is 0. The summed E-state index contributed by atoms with van der Waals surface area (Å²) in [4.78, 5) is 13.4. The molecule has 0 unspecified atom stereocenters. The first-order valence-corrected chi connectivity index (χ1v) is 6.49. The number of benzene rings is 1. The molecule has 1 aromatic rings. The van der Waals surface area contributed by atoms with E-state index in [0.29, 0.717) is 6.42 Å². The van der Waals surface area contributed by atoms with Gasteiger partial charge in [-0.1, -0.05) is 30.3 Å². The van der Waals surface area contributed by atoms with Gasteiger partial charge in [0, 0.05) is 13.1 Å². The molecule has 0 spiro atoms. The van der Waals surface area contributed by atoms with Gasteiger partial charge in [-0.15, -0.1) is 0 Å². The van der Waals surface area contributed by atoms with E-state index >= 15 is 0 Å². The van der Waals surface area contributed by atoms with Crippen LogP contribution in [0.2, 0.25) is 0 Å². The Morgan fingerprint density at radius 2 is 1.74 bits per heavy atom. The minimum absolute atomic E-state index is 0.128. The van der Waals surface area contributed by atoms with Crippen molar-refractivity contribution < 1.29 is 15.0 Å². The molecule has 0 aliphatic rings. The molecule has 4 N–H and O–H groups in total. The van der Waals surface area contributed by atoms with Gasteiger partial charge in [0.15, 0.2) is 0 Å². The van der Waals surface area contributed by atoms with Crippen LogP contribution in [0, 0.1) is 0 Å². The Labute approximate surface area is 113 Å². The Kier molecular flexibility index (Phi) is 7.10. The smallest absolute Gasteiger partial charge is 0.239 e. The van der Waals surface area contributed by atoms with Crippen LogP contribution in [0.3, 0.4) is 0 Å². The lowest BCUT2D eigenvalue weighted by Gasteiger charge is -2.24. The van der Waals surface area contributed by atoms with E-state index in [-0.39, 0.29) is 32.2 Å². The van der Waals surface area contributed by atoms with Gasteiger partial charge in [-0.05, 0) is 18.4 Å². The van der Waals surface area contributed by atoms with Crippen LogP contribution < -0.4 is 5.73 Å². The molecular formula is C14H22N2O3. The standard InChI is InChI=1S/C14H22N2O3/c15-13(7-6-12-4-2-1-3-5-12)14(19)16(8-10-17)9-11-18/h1-5,13,17-18H,6-11,15H2/t13-/m0/s1. The van der Waals surface area contributed by atoms with Crippen LogP contribution in [-0.4, -0.2) is 53.4 Å². The number of carbonyl (C=O) groups excluding carboxylic acids is 1. The van der Waals surface area contributed by atoms with Crippen molar-refractivity contribution in [2.24, 2.45) is 5.73 Å². The topological polar surface area (TPSA) is 86.8 Å². The highest BCUT2D eigenvalue weighted by molar-refractivity contribution is 5.81. The van der Waals surface area contributed by atoms with E-state index in [1.165, 1.54) is 4.90 Å². The average molecular weight is 266 g/mol. The SMILES string of the molecule is N[C@@H](CCc1ccccc1)C(=O)N(CCO)CCO. The van der Waals surface area contributed by atoms with Crippen LogP contribution in [0.5, 0.6) is 0 Å². The van der Waals surface area contributed by atoms with Crippen LogP contribution in [0.1, 0.15) is 12.0 Å². The summed E-state index contributed by atoms with van der Waals surface area (Å²) >= 11 is 0. The van der Waals surface area contributed by atoms with E-state index in [2.05, 4.69) is 0 Å². The number of nitrogens with zero attached hydrogens (tertiary/aromatic N) is 1. The minimum atomic E-state index is -0.599. The number of aryl methyl sites for hydroxylation is 1. The molecule has 5 heteroatoms. The average Bonchev–Trinajstić information content (AvgIpc) is 2.45. The van der Waals surface area contributed by atoms with Gasteiger partial charge in [0.05, 0.1) is 19.3 Å². The quantitative estimate of drug-likeness (QED) is 0.606. The van der Waals surface area contributed by atoms with Crippen molar-refractivity contribution in [3.8, 4) is 0 Å². The number of rotatable bonds is 8. The number of nitrogens with two attached hydrogens (primary N) is 1. The summed E-state index contributed by atoms with van der Waals surface area (Å²) in [5.74, 6) is -0.223. The third-order valence-electron chi connectivity index (χ3n) is 2.96. The summed E-state index contributed by atoms with van der Waals surface area (Å²) in [7, 11) is 0. The number of aliphatic hydroxyl groups excluding tert-OH is 2. The Morgan fingerprint density at radius 1 is 1.16 bits per heavy atom. The van der Waals surface area contributed by atoms with E-state index in [1.807, 2.05) is 30.3 Å². The summed E-state index contributed by atoms with van der Waals surface area (Å²) in [6, 6.07) is 9.24. The second-order valence-electron chi connectivity index (χ2n) is 4.40. The van der Waals surface area contributed by atoms with E-state index in [1.54, 1.807) is 0 Å². The molecule has 1 aromatic carbocycles. The summed E-state index contributed by atoms with van der Waals surface area (Å²) in [6.45, 7) is 0.158. The highest BCUT2D eigenvalue weighted by Gasteiger charge is 2.19. The molecule has 0 saturated carbocycles. The van der Waals surface area contributed by atoms with E-state index < -0.39 is 6.04 Å². The Bertz CT molecular complexity index is 364. The maximum atomic E-state index is 12.0. The van der Waals surface area contributed by atoms with Crippen molar-refractivity contribution in [3.63, 3.8) is 0 Å². The van der Waals surface area contributed by atoms with E-state index in [0.717, 1.165) is 12.0 Å². The van der Waals surface area contributed by atoms with Gasteiger partial charge in [0.2, 0.25) is 5.91 Å². The third-order valence-corrected chi connectivity index (χ3v) is 2.96. The Hall–Kier alpha value is -1.43. The molecule has 0 saturated heterocycles. The number of aliphatic hydroxyl groups is 2. The summed E-state index contributed by atoms with van der Waals surface area (Å²) in [5, 5.41) is 17.8. The van der Waals surface area contributed by atoms with Crippen LogP contribution in [0.4, 0.5) is 0 Å². The number of hydrogen-bond donors (Lipinski definition) is 3. The predicted octanol–water partition coefficient (Wildman–Crippen LogP) is -0.240. The predicted molar refractivity (Wildman–Crippen MR) is 73.5 cm³/mol. The van der Waals surface area contributed by atoms with Crippen molar-refractivity contribution in [1.82, 2.24) is 4.90 Å². The summed E-state index contributed by atoms with van der Waals surface area (Å²) in [6.07, 6.45) is 1.29. The molecule has 106 valence electrons. The molecule has 0 fully saturated rings. The fraction of sp³-hybridized carbons (Fsp3) is 0.500. The van der Waals surface area contributed by atoms with Gasteiger partial charge < -0.3 is 20.8 Å². The molecule has 0 bridgehead atoms. The van der Waals surface area contributed by atoms with Crippen molar-refractivity contribution >= 4 is 5.91 Å². The van der Waals surface area contributed by atoms with Gasteiger partial charge in [-0.25, -0.2) is 0 Å². The molecular weight excluding hydrogens is 244 g/mol. The van der Waals surface area contributed by atoms with Crippen LogP contribution in [-0.2, 0) is 11.2 Å². The molecule has 0 radical (unpaired) electrons. The third kappa shape index (κ3) is 5.38. The number of carbonyl (C=O) groups is 1. The van der Waals surface area contributed by atoms with E-state index in [9.17, 15) is 4.79 Å². The molecule has 1 rings (SSSR count). The first-order chi connectivity index (χ1) is 9.19. The van der Waals surface area contributed by atoms with Gasteiger partial charge in [-0.2, -0.15) is 0 Å². The molecule has 5 nitrogen and oxygen atoms in total. The Balaban J connectivity index is 2.46. The van der Waals surface area contributed by atoms with Crippen LogP contribution in [0.15, 0.2) is 30.3 Å². The molecule has 0 aliphatic heterocycles. The fourth-order valence-electron chi connectivity index (χ4n) is 1.90. The monoisotopic (exact) mass is 266 g/mol. The van der Waals surface area contributed by atoms with Gasteiger partial charge in [0.25, 0.3) is 0 Å². The number of hydrogen-bond acceptors (Lipinski definition) is 4. The van der Waals surface area contributed by atoms with Crippen LogP contribution >= 0.6 is 0 Å².